The Bertz CT molecular complexity index is 700. The topological polar surface area (TPSA) is 82.2 Å². The van der Waals surface area contributed by atoms with Gasteiger partial charge in [0.15, 0.2) is 0 Å². The fourth-order valence-electron chi connectivity index (χ4n) is 1.42. The Morgan fingerprint density at radius 1 is 1.37 bits per heavy atom. The summed E-state index contributed by atoms with van der Waals surface area (Å²) in [6.07, 6.45) is 1.08. The van der Waals surface area contributed by atoms with Gasteiger partial charge in [-0.05, 0) is 18.2 Å². The third-order valence-electron chi connectivity index (χ3n) is 2.32. The zero-order valence-corrected chi connectivity index (χ0v) is 10.2. The van der Waals surface area contributed by atoms with E-state index in [4.69, 9.17) is 11.6 Å². The number of halogens is 2. The number of benzene rings is 1. The molecular formula is C12H8ClFN2O3. The SMILES string of the molecule is O=C(Nc1ccc(F)c(Cl)c1)c1c[nH]c(=O)cc1O. The summed E-state index contributed by atoms with van der Waals surface area (Å²) < 4.78 is 12.9. The van der Waals surface area contributed by atoms with Crippen LogP contribution in [0.1, 0.15) is 10.4 Å². The second-order valence-corrected chi connectivity index (χ2v) is 4.09. The van der Waals surface area contributed by atoms with Crippen molar-refractivity contribution in [3.05, 3.63) is 57.2 Å². The quantitative estimate of drug-likeness (QED) is 0.789. The standard InChI is InChI=1S/C12H8ClFN2O3/c13-8-3-6(1-2-9(8)14)16-12(19)7-5-15-11(18)4-10(7)17/h1-5H,(H,16,19)(H2,15,17,18). The van der Waals surface area contributed by atoms with E-state index in [-0.39, 0.29) is 16.3 Å². The van der Waals surface area contributed by atoms with E-state index in [0.717, 1.165) is 18.3 Å². The summed E-state index contributed by atoms with van der Waals surface area (Å²) in [6.45, 7) is 0. The number of amides is 1. The first-order chi connectivity index (χ1) is 8.97. The average Bonchev–Trinajstić information content (AvgIpc) is 2.33. The van der Waals surface area contributed by atoms with Crippen LogP contribution in [0.4, 0.5) is 10.1 Å². The summed E-state index contributed by atoms with van der Waals surface area (Å²) in [5, 5.41) is 11.8. The minimum Gasteiger partial charge on any atom is -0.507 e. The molecule has 7 heteroatoms. The fraction of sp³-hybridized carbons (Fsp3) is 0. The van der Waals surface area contributed by atoms with E-state index in [9.17, 15) is 19.1 Å². The number of carbonyl (C=O) groups excluding carboxylic acids is 1. The van der Waals surface area contributed by atoms with E-state index in [2.05, 4.69) is 10.3 Å². The van der Waals surface area contributed by atoms with Gasteiger partial charge in [0.25, 0.3) is 11.5 Å². The van der Waals surface area contributed by atoms with Gasteiger partial charge in [0.1, 0.15) is 11.6 Å². The van der Waals surface area contributed by atoms with E-state index >= 15 is 0 Å². The molecule has 1 aromatic heterocycles. The van der Waals surface area contributed by atoms with Crippen LogP contribution in [-0.4, -0.2) is 16.0 Å². The molecule has 1 amide bonds. The Labute approximate surface area is 111 Å². The first-order valence-corrected chi connectivity index (χ1v) is 5.53. The largest absolute Gasteiger partial charge is 0.507 e. The summed E-state index contributed by atoms with van der Waals surface area (Å²) in [5.74, 6) is -1.71. The van der Waals surface area contributed by atoms with Crippen LogP contribution in [0.2, 0.25) is 5.02 Å². The molecule has 5 nitrogen and oxygen atoms in total. The maximum atomic E-state index is 12.9. The van der Waals surface area contributed by atoms with Gasteiger partial charge in [0.05, 0.1) is 10.6 Å². The minimum atomic E-state index is -0.656. The lowest BCUT2D eigenvalue weighted by Crippen LogP contribution is -2.15. The molecule has 0 aliphatic carbocycles. The van der Waals surface area contributed by atoms with Crippen molar-refractivity contribution < 1.29 is 14.3 Å². The number of carbonyl (C=O) groups is 1. The lowest BCUT2D eigenvalue weighted by molar-refractivity contribution is 0.102. The highest BCUT2D eigenvalue weighted by atomic mass is 35.5. The molecule has 0 aliphatic heterocycles. The Hall–Kier alpha value is -2.34. The summed E-state index contributed by atoms with van der Waals surface area (Å²) in [5.41, 5.74) is -0.374. The molecule has 0 radical (unpaired) electrons. The van der Waals surface area contributed by atoms with Gasteiger partial charge in [0, 0.05) is 18.0 Å². The van der Waals surface area contributed by atoms with Gasteiger partial charge in [-0.3, -0.25) is 9.59 Å². The summed E-state index contributed by atoms with van der Waals surface area (Å²) in [6, 6.07) is 4.54. The maximum absolute atomic E-state index is 12.9. The lowest BCUT2D eigenvalue weighted by Gasteiger charge is -2.07. The molecule has 3 N–H and O–H groups in total. The first kappa shape index (κ1) is 13.1. The van der Waals surface area contributed by atoms with Crippen molar-refractivity contribution in [3.63, 3.8) is 0 Å². The highest BCUT2D eigenvalue weighted by molar-refractivity contribution is 6.31. The summed E-state index contributed by atoms with van der Waals surface area (Å²) >= 11 is 5.57. The van der Waals surface area contributed by atoms with Crippen LogP contribution < -0.4 is 10.9 Å². The number of aromatic hydroxyl groups is 1. The smallest absolute Gasteiger partial charge is 0.260 e. The predicted molar refractivity (Wildman–Crippen MR) is 68.1 cm³/mol. The van der Waals surface area contributed by atoms with Gasteiger partial charge in [-0.25, -0.2) is 4.39 Å². The third-order valence-corrected chi connectivity index (χ3v) is 2.61. The molecule has 2 rings (SSSR count). The van der Waals surface area contributed by atoms with Crippen molar-refractivity contribution in [3.8, 4) is 5.75 Å². The summed E-state index contributed by atoms with van der Waals surface area (Å²) in [7, 11) is 0. The molecule has 0 unspecified atom stereocenters. The second kappa shape index (κ2) is 5.11. The molecule has 0 bridgehead atoms. The Morgan fingerprint density at radius 2 is 2.11 bits per heavy atom. The average molecular weight is 283 g/mol. The van der Waals surface area contributed by atoms with Gasteiger partial charge in [-0.1, -0.05) is 11.6 Å². The van der Waals surface area contributed by atoms with E-state index in [1.807, 2.05) is 0 Å². The van der Waals surface area contributed by atoms with E-state index in [0.29, 0.717) is 0 Å². The zero-order chi connectivity index (χ0) is 14.0. The van der Waals surface area contributed by atoms with Crippen LogP contribution in [-0.2, 0) is 0 Å². The van der Waals surface area contributed by atoms with Gasteiger partial charge < -0.3 is 15.4 Å². The molecule has 1 heterocycles. The molecule has 2 aromatic rings. The number of rotatable bonds is 2. The molecule has 1 aromatic carbocycles. The molecule has 0 saturated heterocycles. The van der Waals surface area contributed by atoms with Crippen LogP contribution in [0.25, 0.3) is 0 Å². The molecular weight excluding hydrogens is 275 g/mol. The van der Waals surface area contributed by atoms with Crippen LogP contribution >= 0.6 is 11.6 Å². The van der Waals surface area contributed by atoms with Gasteiger partial charge in [-0.15, -0.1) is 0 Å². The van der Waals surface area contributed by atoms with Gasteiger partial charge >= 0.3 is 0 Å². The predicted octanol–water partition coefficient (Wildman–Crippen LogP) is 2.13. The number of hydrogen-bond donors (Lipinski definition) is 3. The van der Waals surface area contributed by atoms with E-state index < -0.39 is 23.0 Å². The van der Waals surface area contributed by atoms with Gasteiger partial charge in [-0.2, -0.15) is 0 Å². The van der Waals surface area contributed by atoms with Crippen molar-refractivity contribution in [2.75, 3.05) is 5.32 Å². The van der Waals surface area contributed by atoms with Crippen LogP contribution in [0.15, 0.2) is 35.3 Å². The fourth-order valence-corrected chi connectivity index (χ4v) is 1.60. The maximum Gasteiger partial charge on any atom is 0.260 e. The van der Waals surface area contributed by atoms with Crippen molar-refractivity contribution in [1.82, 2.24) is 4.98 Å². The number of H-pyrrole nitrogens is 1. The number of aromatic nitrogens is 1. The summed E-state index contributed by atoms with van der Waals surface area (Å²) in [4.78, 5) is 25.0. The zero-order valence-electron chi connectivity index (χ0n) is 9.41. The molecule has 0 saturated carbocycles. The molecule has 98 valence electrons. The van der Waals surface area contributed by atoms with Crippen molar-refractivity contribution in [2.24, 2.45) is 0 Å². The normalized spacial score (nSPS) is 10.2. The third kappa shape index (κ3) is 2.92. The number of hydrogen-bond acceptors (Lipinski definition) is 3. The molecule has 0 spiro atoms. The number of pyridine rings is 1. The molecule has 0 atom stereocenters. The number of nitrogens with one attached hydrogen (secondary N) is 2. The van der Waals surface area contributed by atoms with Crippen LogP contribution in [0, 0.1) is 5.82 Å². The second-order valence-electron chi connectivity index (χ2n) is 3.68. The van der Waals surface area contributed by atoms with E-state index in [1.54, 1.807) is 0 Å². The highest BCUT2D eigenvalue weighted by Gasteiger charge is 2.12. The minimum absolute atomic E-state index is 0.111. The van der Waals surface area contributed by atoms with Crippen molar-refractivity contribution in [2.45, 2.75) is 0 Å². The first-order valence-electron chi connectivity index (χ1n) is 5.15. The van der Waals surface area contributed by atoms with Crippen molar-refractivity contribution in [1.29, 1.82) is 0 Å². The monoisotopic (exact) mass is 282 g/mol. The lowest BCUT2D eigenvalue weighted by atomic mass is 10.2. The highest BCUT2D eigenvalue weighted by Crippen LogP contribution is 2.21. The van der Waals surface area contributed by atoms with Crippen LogP contribution in [0.3, 0.4) is 0 Å². The Kier molecular flexibility index (Phi) is 3.52. The Balaban J connectivity index is 2.25. The molecule has 0 fully saturated rings. The Morgan fingerprint density at radius 3 is 2.74 bits per heavy atom. The van der Waals surface area contributed by atoms with Crippen molar-refractivity contribution >= 4 is 23.2 Å². The molecule has 0 aliphatic rings. The van der Waals surface area contributed by atoms with Crippen LogP contribution in [0.5, 0.6) is 5.75 Å². The molecule has 19 heavy (non-hydrogen) atoms. The van der Waals surface area contributed by atoms with E-state index in [1.165, 1.54) is 12.1 Å². The number of aromatic amines is 1. The van der Waals surface area contributed by atoms with Gasteiger partial charge in [0.2, 0.25) is 0 Å². The number of anilines is 1.